The highest BCUT2D eigenvalue weighted by Gasteiger charge is 1.73. The molecule has 1 heteroatoms. The Bertz CT molecular complexity index is 61.3. The van der Waals surface area contributed by atoms with E-state index in [1.807, 2.05) is 41.5 Å². The van der Waals surface area contributed by atoms with Gasteiger partial charge in [-0.25, -0.2) is 0 Å². The third kappa shape index (κ3) is 42.2. The van der Waals surface area contributed by atoms with E-state index in [1.54, 1.807) is 0 Å². The van der Waals surface area contributed by atoms with Gasteiger partial charge in [-0.05, 0) is 20.3 Å². The Morgan fingerprint density at radius 3 is 1.45 bits per heavy atom. The molecule has 0 aliphatic carbocycles. The Morgan fingerprint density at radius 2 is 1.36 bits per heavy atom. The van der Waals surface area contributed by atoms with Gasteiger partial charge in [-0.2, -0.15) is 0 Å². The summed E-state index contributed by atoms with van der Waals surface area (Å²) >= 11 is 0. The van der Waals surface area contributed by atoms with Gasteiger partial charge >= 0.3 is 0 Å². The van der Waals surface area contributed by atoms with Gasteiger partial charge in [-0.15, -0.1) is 0 Å². The Labute approximate surface area is 72.9 Å². The molecule has 0 radical (unpaired) electrons. The van der Waals surface area contributed by atoms with Crippen molar-refractivity contribution in [3.63, 3.8) is 0 Å². The molecule has 11 heavy (non-hydrogen) atoms. The fourth-order valence-electron chi connectivity index (χ4n) is 0.335. The fraction of sp³-hybridized carbons (Fsp3) is 0.900. The highest BCUT2D eigenvalue weighted by atomic mass is 14.7. The van der Waals surface area contributed by atoms with Crippen molar-refractivity contribution in [1.82, 2.24) is 0 Å². The van der Waals surface area contributed by atoms with Crippen molar-refractivity contribution in [2.45, 2.75) is 54.9 Å². The second-order valence-electron chi connectivity index (χ2n) is 1.83. The van der Waals surface area contributed by atoms with Crippen LogP contribution in [0.4, 0.5) is 0 Å². The lowest BCUT2D eigenvalue weighted by atomic mass is 10.4. The molecule has 70 valence electrons. The summed E-state index contributed by atoms with van der Waals surface area (Å²) in [6.07, 6.45) is 1.16. The third-order valence-electron chi connectivity index (χ3n) is 0.652. The lowest BCUT2D eigenvalue weighted by Crippen LogP contribution is -1.82. The second-order valence-corrected chi connectivity index (χ2v) is 1.83. The zero-order valence-corrected chi connectivity index (χ0v) is 9.36. The quantitative estimate of drug-likeness (QED) is 0.541. The van der Waals surface area contributed by atoms with Crippen molar-refractivity contribution in [1.29, 1.82) is 0 Å². The van der Waals surface area contributed by atoms with Crippen LogP contribution in [-0.4, -0.2) is 12.3 Å². The van der Waals surface area contributed by atoms with E-state index < -0.39 is 0 Å². The zero-order chi connectivity index (χ0) is 9.70. The van der Waals surface area contributed by atoms with Crippen molar-refractivity contribution in [3.8, 4) is 0 Å². The summed E-state index contributed by atoms with van der Waals surface area (Å²) in [7, 11) is 0. The molecule has 0 atom stereocenters. The molecule has 0 heterocycles. The molecule has 0 aromatic rings. The van der Waals surface area contributed by atoms with E-state index in [0.29, 0.717) is 0 Å². The molecule has 0 spiro atoms. The van der Waals surface area contributed by atoms with Crippen LogP contribution in [0.1, 0.15) is 54.9 Å². The Morgan fingerprint density at radius 1 is 1.00 bits per heavy atom. The van der Waals surface area contributed by atoms with Crippen molar-refractivity contribution in [2.24, 2.45) is 4.99 Å². The molecule has 0 aliphatic rings. The van der Waals surface area contributed by atoms with Crippen molar-refractivity contribution >= 4 is 5.71 Å². The minimum absolute atomic E-state index is 0.988. The molecule has 0 saturated carbocycles. The summed E-state index contributed by atoms with van der Waals surface area (Å²) in [5.74, 6) is 0. The second kappa shape index (κ2) is 22.6. The van der Waals surface area contributed by atoms with Crippen LogP contribution >= 0.6 is 0 Å². The van der Waals surface area contributed by atoms with Crippen LogP contribution in [0.5, 0.6) is 0 Å². The molecule has 0 aromatic heterocycles. The number of rotatable bonds is 2. The van der Waals surface area contributed by atoms with Crippen molar-refractivity contribution in [2.75, 3.05) is 6.54 Å². The van der Waals surface area contributed by atoms with E-state index in [2.05, 4.69) is 11.9 Å². The highest BCUT2D eigenvalue weighted by molar-refractivity contribution is 5.78. The van der Waals surface area contributed by atoms with E-state index in [9.17, 15) is 0 Å². The number of nitrogens with zero attached hydrogens (tertiary/aromatic N) is 1. The van der Waals surface area contributed by atoms with Gasteiger partial charge in [0.25, 0.3) is 0 Å². The summed E-state index contributed by atoms with van der Waals surface area (Å²) in [5.41, 5.74) is 1.18. The zero-order valence-electron chi connectivity index (χ0n) is 9.36. The number of hydrogen-bond acceptors (Lipinski definition) is 1. The number of hydrogen-bond donors (Lipinski definition) is 0. The lowest BCUT2D eigenvalue weighted by Gasteiger charge is -1.85. The molecule has 0 bridgehead atoms. The molecule has 0 aliphatic heterocycles. The standard InChI is InChI=1S/C6H13N.2C2H6/c1-4-5-7-6(2)3;2*1-2/h4-5H2,1-3H3;2*1-2H3. The third-order valence-corrected chi connectivity index (χ3v) is 0.652. The van der Waals surface area contributed by atoms with Crippen LogP contribution in [0, 0.1) is 0 Å². The van der Waals surface area contributed by atoms with Gasteiger partial charge in [0.15, 0.2) is 0 Å². The maximum absolute atomic E-state index is 4.16. The average molecular weight is 159 g/mol. The van der Waals surface area contributed by atoms with Gasteiger partial charge < -0.3 is 0 Å². The maximum atomic E-state index is 4.16. The number of aliphatic imine (C=N–C) groups is 1. The fourth-order valence-corrected chi connectivity index (χ4v) is 0.335. The van der Waals surface area contributed by atoms with E-state index >= 15 is 0 Å². The normalized spacial score (nSPS) is 6.45. The molecule has 0 saturated heterocycles. The van der Waals surface area contributed by atoms with Gasteiger partial charge in [-0.3, -0.25) is 4.99 Å². The summed E-state index contributed by atoms with van der Waals surface area (Å²) in [5, 5.41) is 0. The largest absolute Gasteiger partial charge is 0.295 e. The Balaban J connectivity index is -0.000000138. The highest BCUT2D eigenvalue weighted by Crippen LogP contribution is 1.78. The van der Waals surface area contributed by atoms with E-state index in [0.717, 1.165) is 13.0 Å². The predicted molar refractivity (Wildman–Crippen MR) is 56.6 cm³/mol. The van der Waals surface area contributed by atoms with Gasteiger partial charge in [0.05, 0.1) is 0 Å². The topological polar surface area (TPSA) is 12.4 Å². The molecule has 0 amide bonds. The van der Waals surface area contributed by atoms with Gasteiger partial charge in [0.1, 0.15) is 0 Å². The molecular weight excluding hydrogens is 134 g/mol. The first-order chi connectivity index (χ1) is 5.27. The smallest absolute Gasteiger partial charge is 0.0385 e. The Hall–Kier alpha value is -0.330. The van der Waals surface area contributed by atoms with Crippen LogP contribution in [0.15, 0.2) is 4.99 Å². The van der Waals surface area contributed by atoms with Crippen LogP contribution in [0.2, 0.25) is 0 Å². The Kier molecular flexibility index (Phi) is 34.9. The minimum atomic E-state index is 0.988. The molecule has 0 rings (SSSR count). The first-order valence-corrected chi connectivity index (χ1v) is 4.75. The van der Waals surface area contributed by atoms with Crippen LogP contribution in [0.25, 0.3) is 0 Å². The van der Waals surface area contributed by atoms with Crippen LogP contribution in [0.3, 0.4) is 0 Å². The summed E-state index contributed by atoms with van der Waals surface area (Å²) < 4.78 is 0. The average Bonchev–Trinajstić information content (AvgIpc) is 2.08. The van der Waals surface area contributed by atoms with Crippen molar-refractivity contribution < 1.29 is 0 Å². The monoisotopic (exact) mass is 159 g/mol. The van der Waals surface area contributed by atoms with E-state index in [1.165, 1.54) is 5.71 Å². The first kappa shape index (κ1) is 17.0. The van der Waals surface area contributed by atoms with Crippen LogP contribution in [-0.2, 0) is 0 Å². The molecule has 0 unspecified atom stereocenters. The molecule has 0 aromatic carbocycles. The lowest BCUT2D eigenvalue weighted by molar-refractivity contribution is 0.930. The summed E-state index contributed by atoms with van der Waals surface area (Å²) in [4.78, 5) is 4.16. The van der Waals surface area contributed by atoms with Gasteiger partial charge in [0, 0.05) is 12.3 Å². The molecular formula is C10H25N. The maximum Gasteiger partial charge on any atom is 0.0385 e. The molecule has 1 nitrogen and oxygen atoms in total. The predicted octanol–water partition coefficient (Wildman–Crippen LogP) is 3.93. The summed E-state index contributed by atoms with van der Waals surface area (Å²) in [6.45, 7) is 15.2. The molecule has 0 N–H and O–H groups in total. The summed E-state index contributed by atoms with van der Waals surface area (Å²) in [6, 6.07) is 0. The van der Waals surface area contributed by atoms with E-state index in [4.69, 9.17) is 0 Å². The first-order valence-electron chi connectivity index (χ1n) is 4.75. The van der Waals surface area contributed by atoms with Gasteiger partial charge in [0.2, 0.25) is 0 Å². The SMILES string of the molecule is CC.CC.CCCN=C(C)C. The van der Waals surface area contributed by atoms with E-state index in [-0.39, 0.29) is 0 Å². The minimum Gasteiger partial charge on any atom is -0.295 e. The molecule has 0 fully saturated rings. The van der Waals surface area contributed by atoms with Crippen LogP contribution < -0.4 is 0 Å². The van der Waals surface area contributed by atoms with Crippen molar-refractivity contribution in [3.05, 3.63) is 0 Å². The van der Waals surface area contributed by atoms with Gasteiger partial charge in [-0.1, -0.05) is 34.6 Å².